The normalized spacial score (nSPS) is 29.5. The van der Waals surface area contributed by atoms with Crippen LogP contribution in [0.3, 0.4) is 0 Å². The molecule has 0 spiro atoms. The van der Waals surface area contributed by atoms with Gasteiger partial charge in [-0.2, -0.15) is 0 Å². The number of piperidine rings is 1. The van der Waals surface area contributed by atoms with Crippen LogP contribution in [0.5, 0.6) is 0 Å². The summed E-state index contributed by atoms with van der Waals surface area (Å²) in [7, 11) is 0. The highest BCUT2D eigenvalue weighted by atomic mass is 16.4. The molecule has 5 heteroatoms. The highest BCUT2D eigenvalue weighted by molar-refractivity contribution is 5.95. The predicted octanol–water partition coefficient (Wildman–Crippen LogP) is 1.46. The Labute approximate surface area is 111 Å². The summed E-state index contributed by atoms with van der Waals surface area (Å²) in [5, 5.41) is 19.1. The number of hydrogen-bond donors (Lipinski definition) is 3. The maximum atomic E-state index is 11.4. The van der Waals surface area contributed by atoms with E-state index in [1.54, 1.807) is 18.2 Å². The van der Waals surface area contributed by atoms with Crippen molar-refractivity contribution in [1.82, 2.24) is 0 Å². The summed E-state index contributed by atoms with van der Waals surface area (Å²) in [6, 6.07) is 5.39. The number of hydrogen-bond acceptors (Lipinski definition) is 4. The van der Waals surface area contributed by atoms with E-state index in [0.717, 1.165) is 12.8 Å². The maximum Gasteiger partial charge on any atom is 0.337 e. The highest BCUT2D eigenvalue weighted by Crippen LogP contribution is 2.41. The number of carboxylic acids is 1. The number of anilines is 2. The molecule has 3 rings (SSSR count). The van der Waals surface area contributed by atoms with Gasteiger partial charge >= 0.3 is 5.97 Å². The van der Waals surface area contributed by atoms with Gasteiger partial charge in [0.25, 0.3) is 0 Å². The SMILES string of the molecule is Nc1ccc(C(=O)O)c(N2C3CCC2CC(O)C3)c1. The van der Waals surface area contributed by atoms with Crippen molar-refractivity contribution in [1.29, 1.82) is 0 Å². The molecule has 0 amide bonds. The summed E-state index contributed by atoms with van der Waals surface area (Å²) in [5.41, 5.74) is 7.37. The Kier molecular flexibility index (Phi) is 2.86. The molecular weight excluding hydrogens is 244 g/mol. The Morgan fingerprint density at radius 1 is 1.26 bits per heavy atom. The first kappa shape index (κ1) is 12.3. The van der Waals surface area contributed by atoms with Crippen molar-refractivity contribution in [2.75, 3.05) is 10.6 Å². The van der Waals surface area contributed by atoms with Crippen molar-refractivity contribution in [2.45, 2.75) is 43.9 Å². The number of aromatic carboxylic acids is 1. The van der Waals surface area contributed by atoms with Crippen molar-refractivity contribution in [3.63, 3.8) is 0 Å². The summed E-state index contributed by atoms with van der Waals surface area (Å²) in [6.07, 6.45) is 3.18. The molecule has 2 fully saturated rings. The summed E-state index contributed by atoms with van der Waals surface area (Å²) in [4.78, 5) is 13.5. The lowest BCUT2D eigenvalue weighted by Crippen LogP contribution is -2.45. The minimum atomic E-state index is -0.930. The molecule has 4 N–H and O–H groups in total. The van der Waals surface area contributed by atoms with Crippen LogP contribution in [0.15, 0.2) is 18.2 Å². The van der Waals surface area contributed by atoms with Gasteiger partial charge < -0.3 is 20.8 Å². The van der Waals surface area contributed by atoms with E-state index in [2.05, 4.69) is 4.90 Å². The number of carboxylic acid groups (broad SMARTS) is 1. The summed E-state index contributed by atoms with van der Waals surface area (Å²) < 4.78 is 0. The number of aliphatic hydroxyl groups is 1. The Bertz CT molecular complexity index is 503. The third-order valence-corrected chi connectivity index (χ3v) is 4.24. The first-order valence-electron chi connectivity index (χ1n) is 6.65. The summed E-state index contributed by atoms with van der Waals surface area (Å²) in [6.45, 7) is 0. The van der Waals surface area contributed by atoms with E-state index in [4.69, 9.17) is 5.73 Å². The lowest BCUT2D eigenvalue weighted by Gasteiger charge is -2.39. The zero-order chi connectivity index (χ0) is 13.6. The smallest absolute Gasteiger partial charge is 0.337 e. The molecule has 2 bridgehead atoms. The minimum Gasteiger partial charge on any atom is -0.478 e. The van der Waals surface area contributed by atoms with Gasteiger partial charge in [-0.25, -0.2) is 4.79 Å². The fourth-order valence-corrected chi connectivity index (χ4v) is 3.48. The molecule has 0 saturated carbocycles. The minimum absolute atomic E-state index is 0.230. The van der Waals surface area contributed by atoms with Gasteiger partial charge in [-0.15, -0.1) is 0 Å². The van der Waals surface area contributed by atoms with E-state index in [-0.39, 0.29) is 18.2 Å². The van der Waals surface area contributed by atoms with Crippen molar-refractivity contribution in [2.24, 2.45) is 0 Å². The Morgan fingerprint density at radius 2 is 1.89 bits per heavy atom. The Hall–Kier alpha value is -1.75. The first-order valence-corrected chi connectivity index (χ1v) is 6.65. The monoisotopic (exact) mass is 262 g/mol. The number of aliphatic hydroxyl groups excluding tert-OH is 1. The Balaban J connectivity index is 2.03. The molecule has 2 aliphatic heterocycles. The molecule has 2 saturated heterocycles. The summed E-state index contributed by atoms with van der Waals surface area (Å²) >= 11 is 0. The lowest BCUT2D eigenvalue weighted by molar-refractivity contribution is 0.0697. The van der Waals surface area contributed by atoms with Crippen LogP contribution in [0, 0.1) is 0 Å². The molecule has 19 heavy (non-hydrogen) atoms. The molecule has 2 unspecified atom stereocenters. The van der Waals surface area contributed by atoms with Crippen molar-refractivity contribution < 1.29 is 15.0 Å². The third kappa shape index (κ3) is 2.04. The predicted molar refractivity (Wildman–Crippen MR) is 72.3 cm³/mol. The zero-order valence-corrected chi connectivity index (χ0v) is 10.6. The van der Waals surface area contributed by atoms with E-state index >= 15 is 0 Å². The van der Waals surface area contributed by atoms with Crippen LogP contribution >= 0.6 is 0 Å². The molecule has 5 nitrogen and oxygen atoms in total. The quantitative estimate of drug-likeness (QED) is 0.702. The van der Waals surface area contributed by atoms with Crippen LogP contribution in [0.2, 0.25) is 0 Å². The third-order valence-electron chi connectivity index (χ3n) is 4.24. The van der Waals surface area contributed by atoms with Gasteiger partial charge in [-0.05, 0) is 43.9 Å². The van der Waals surface area contributed by atoms with Crippen LogP contribution in [-0.4, -0.2) is 34.4 Å². The standard InChI is InChI=1S/C14H18N2O3/c15-8-1-4-12(14(18)19)13(5-8)16-9-2-3-10(16)7-11(17)6-9/h1,4-5,9-11,17H,2-3,6-7,15H2,(H,18,19). The van der Waals surface area contributed by atoms with Gasteiger partial charge in [0.15, 0.2) is 0 Å². The zero-order valence-electron chi connectivity index (χ0n) is 10.6. The van der Waals surface area contributed by atoms with Crippen molar-refractivity contribution >= 4 is 17.3 Å². The van der Waals surface area contributed by atoms with Gasteiger partial charge in [0.1, 0.15) is 0 Å². The first-order chi connectivity index (χ1) is 9.06. The molecule has 0 aliphatic carbocycles. The van der Waals surface area contributed by atoms with Gasteiger partial charge in [0.05, 0.1) is 17.4 Å². The topological polar surface area (TPSA) is 86.8 Å². The molecule has 102 valence electrons. The van der Waals surface area contributed by atoms with Gasteiger partial charge in [0, 0.05) is 17.8 Å². The van der Waals surface area contributed by atoms with E-state index in [1.807, 2.05) is 0 Å². The van der Waals surface area contributed by atoms with E-state index in [1.165, 1.54) is 0 Å². The van der Waals surface area contributed by atoms with Gasteiger partial charge in [-0.1, -0.05) is 0 Å². The maximum absolute atomic E-state index is 11.4. The average Bonchev–Trinajstić information content (AvgIpc) is 2.61. The molecule has 1 aromatic carbocycles. The van der Waals surface area contributed by atoms with Gasteiger partial charge in [0.2, 0.25) is 0 Å². The van der Waals surface area contributed by atoms with E-state index in [9.17, 15) is 15.0 Å². The number of nitrogens with zero attached hydrogens (tertiary/aromatic N) is 1. The van der Waals surface area contributed by atoms with E-state index in [0.29, 0.717) is 29.8 Å². The van der Waals surface area contributed by atoms with Crippen LogP contribution in [0.1, 0.15) is 36.0 Å². The molecule has 2 atom stereocenters. The number of carbonyl (C=O) groups is 1. The van der Waals surface area contributed by atoms with Crippen molar-refractivity contribution in [3.8, 4) is 0 Å². The second kappa shape index (κ2) is 4.42. The van der Waals surface area contributed by atoms with Gasteiger partial charge in [-0.3, -0.25) is 0 Å². The molecule has 0 aromatic heterocycles. The number of fused-ring (bicyclic) bond motifs is 2. The van der Waals surface area contributed by atoms with E-state index < -0.39 is 5.97 Å². The average molecular weight is 262 g/mol. The Morgan fingerprint density at radius 3 is 2.47 bits per heavy atom. The number of benzene rings is 1. The second-order valence-corrected chi connectivity index (χ2v) is 5.50. The number of rotatable bonds is 2. The number of nitrogens with two attached hydrogens (primary N) is 1. The van der Waals surface area contributed by atoms with Crippen LogP contribution in [0.4, 0.5) is 11.4 Å². The summed E-state index contributed by atoms with van der Waals surface area (Å²) in [5.74, 6) is -0.930. The fraction of sp³-hybridized carbons (Fsp3) is 0.500. The molecule has 1 aromatic rings. The van der Waals surface area contributed by atoms with Crippen LogP contribution in [-0.2, 0) is 0 Å². The molecule has 2 heterocycles. The number of nitrogen functional groups attached to an aromatic ring is 1. The van der Waals surface area contributed by atoms with Crippen LogP contribution in [0.25, 0.3) is 0 Å². The molecule has 0 radical (unpaired) electrons. The fourth-order valence-electron chi connectivity index (χ4n) is 3.48. The largest absolute Gasteiger partial charge is 0.478 e. The molecular formula is C14H18N2O3. The highest BCUT2D eigenvalue weighted by Gasteiger charge is 2.41. The van der Waals surface area contributed by atoms with Crippen LogP contribution < -0.4 is 10.6 Å². The second-order valence-electron chi connectivity index (χ2n) is 5.50. The van der Waals surface area contributed by atoms with Crippen molar-refractivity contribution in [3.05, 3.63) is 23.8 Å². The lowest BCUT2D eigenvalue weighted by atomic mass is 9.97. The molecule has 2 aliphatic rings.